The van der Waals surface area contributed by atoms with Crippen LogP contribution in [0.2, 0.25) is 0 Å². The van der Waals surface area contributed by atoms with E-state index >= 15 is 0 Å². The molecule has 3 rings (SSSR count). The molecule has 1 aliphatic rings. The highest BCUT2D eigenvalue weighted by Crippen LogP contribution is 2.23. The lowest BCUT2D eigenvalue weighted by atomic mass is 10.1. The lowest BCUT2D eigenvalue weighted by Gasteiger charge is -2.28. The summed E-state index contributed by atoms with van der Waals surface area (Å²) >= 11 is 2.12. The molecule has 1 saturated heterocycles. The van der Waals surface area contributed by atoms with E-state index in [0.717, 1.165) is 8.47 Å². The van der Waals surface area contributed by atoms with Gasteiger partial charge in [0.05, 0.1) is 18.5 Å². The number of ether oxygens (including phenoxy) is 1. The van der Waals surface area contributed by atoms with Crippen molar-refractivity contribution in [3.63, 3.8) is 0 Å². The first-order valence-corrected chi connectivity index (χ1v) is 8.70. The first-order valence-electron chi connectivity index (χ1n) is 7.62. The highest BCUT2D eigenvalue weighted by Gasteiger charge is 2.40. The fraction of sp³-hybridized carbons (Fsp3) is 0.111. The van der Waals surface area contributed by atoms with Crippen LogP contribution in [0.5, 0.6) is 5.75 Å². The van der Waals surface area contributed by atoms with Gasteiger partial charge >= 0.3 is 6.03 Å². The van der Waals surface area contributed by atoms with E-state index in [1.54, 1.807) is 48.5 Å². The molecule has 4 amide bonds. The number of carbonyl (C=O) groups excluding carboxylic acids is 3. The SMILES string of the molecule is COc1cccc(N=C[C@H]2C(=O)NC(=O)N(c3ccc(I)cc3)C2=O)c1. The molecule has 26 heavy (non-hydrogen) atoms. The number of nitrogens with zero attached hydrogens (tertiary/aromatic N) is 2. The zero-order valence-corrected chi connectivity index (χ0v) is 15.8. The minimum atomic E-state index is -1.20. The van der Waals surface area contributed by atoms with E-state index in [0.29, 0.717) is 17.1 Å². The zero-order chi connectivity index (χ0) is 18.7. The quantitative estimate of drug-likeness (QED) is 0.429. The van der Waals surface area contributed by atoms with Gasteiger partial charge in [0.25, 0.3) is 5.91 Å². The van der Waals surface area contributed by atoms with Gasteiger partial charge in [-0.3, -0.25) is 19.9 Å². The lowest BCUT2D eigenvalue weighted by molar-refractivity contribution is -0.131. The number of aliphatic imine (C=N–C) groups is 1. The number of amides is 4. The second-order valence-corrected chi connectivity index (χ2v) is 6.65. The van der Waals surface area contributed by atoms with Gasteiger partial charge < -0.3 is 4.74 Å². The van der Waals surface area contributed by atoms with Gasteiger partial charge in [-0.1, -0.05) is 6.07 Å². The normalized spacial score (nSPS) is 17.5. The Morgan fingerprint density at radius 2 is 1.88 bits per heavy atom. The molecule has 0 saturated carbocycles. The highest BCUT2D eigenvalue weighted by atomic mass is 127. The van der Waals surface area contributed by atoms with Crippen molar-refractivity contribution in [2.75, 3.05) is 12.0 Å². The summed E-state index contributed by atoms with van der Waals surface area (Å²) in [6, 6.07) is 12.9. The Labute approximate surface area is 163 Å². The second-order valence-electron chi connectivity index (χ2n) is 5.40. The molecule has 0 radical (unpaired) electrons. The molecule has 0 spiro atoms. The molecular formula is C18H14IN3O4. The van der Waals surface area contributed by atoms with Crippen LogP contribution in [-0.2, 0) is 9.59 Å². The third-order valence-corrected chi connectivity index (χ3v) is 4.43. The maximum Gasteiger partial charge on any atom is 0.335 e. The fourth-order valence-electron chi connectivity index (χ4n) is 2.41. The number of urea groups is 1. The maximum atomic E-state index is 12.7. The average Bonchev–Trinajstić information content (AvgIpc) is 2.63. The summed E-state index contributed by atoms with van der Waals surface area (Å²) in [5.74, 6) is -1.94. The van der Waals surface area contributed by atoms with Crippen LogP contribution in [0.25, 0.3) is 0 Å². The molecule has 2 aromatic rings. The summed E-state index contributed by atoms with van der Waals surface area (Å²) in [4.78, 5) is 42.0. The summed E-state index contributed by atoms with van der Waals surface area (Å²) in [5.41, 5.74) is 0.919. The Bertz CT molecular complexity index is 896. The molecule has 0 aromatic heterocycles. The second kappa shape index (κ2) is 7.65. The summed E-state index contributed by atoms with van der Waals surface area (Å²) < 4.78 is 6.08. The van der Waals surface area contributed by atoms with Crippen molar-refractivity contribution in [2.45, 2.75) is 0 Å². The van der Waals surface area contributed by atoms with Crippen LogP contribution in [0, 0.1) is 9.49 Å². The van der Waals surface area contributed by atoms with E-state index in [-0.39, 0.29) is 0 Å². The van der Waals surface area contributed by atoms with Crippen LogP contribution in [0.15, 0.2) is 53.5 Å². The van der Waals surface area contributed by atoms with Crippen LogP contribution < -0.4 is 15.0 Å². The standard InChI is InChI=1S/C18H14IN3O4/c1-26-14-4-2-3-12(9-14)20-10-15-16(23)21-18(25)22(17(15)24)13-7-5-11(19)6-8-13/h2-10,15H,1H3,(H,21,23,25)/t15-/m0/s1. The van der Waals surface area contributed by atoms with Gasteiger partial charge in [0, 0.05) is 15.9 Å². The Hall–Kier alpha value is -2.75. The molecule has 1 N–H and O–H groups in total. The van der Waals surface area contributed by atoms with Gasteiger partial charge in [0.1, 0.15) is 5.75 Å². The van der Waals surface area contributed by atoms with Gasteiger partial charge in [-0.05, 0) is 59.0 Å². The first-order chi connectivity index (χ1) is 12.5. The predicted octanol–water partition coefficient (Wildman–Crippen LogP) is 2.90. The van der Waals surface area contributed by atoms with Gasteiger partial charge in [-0.2, -0.15) is 0 Å². The van der Waals surface area contributed by atoms with E-state index in [1.807, 2.05) is 0 Å². The minimum absolute atomic E-state index is 0.389. The molecule has 1 atom stereocenters. The van der Waals surface area contributed by atoms with Crippen LogP contribution in [0.4, 0.5) is 16.2 Å². The maximum absolute atomic E-state index is 12.7. The van der Waals surface area contributed by atoms with E-state index in [4.69, 9.17) is 4.74 Å². The minimum Gasteiger partial charge on any atom is -0.497 e. The average molecular weight is 463 g/mol. The smallest absolute Gasteiger partial charge is 0.335 e. The number of imide groups is 2. The zero-order valence-electron chi connectivity index (χ0n) is 13.7. The molecule has 132 valence electrons. The van der Waals surface area contributed by atoms with E-state index in [9.17, 15) is 14.4 Å². The van der Waals surface area contributed by atoms with Crippen LogP contribution >= 0.6 is 22.6 Å². The van der Waals surface area contributed by atoms with Gasteiger partial charge in [0.15, 0.2) is 5.92 Å². The molecule has 1 fully saturated rings. The third-order valence-electron chi connectivity index (χ3n) is 3.71. The molecule has 0 unspecified atom stereocenters. The Kier molecular flexibility index (Phi) is 5.31. The number of hydrogen-bond acceptors (Lipinski definition) is 5. The van der Waals surface area contributed by atoms with Crippen LogP contribution in [0.1, 0.15) is 0 Å². The number of rotatable bonds is 4. The molecule has 8 heteroatoms. The monoisotopic (exact) mass is 463 g/mol. The molecule has 7 nitrogen and oxygen atoms in total. The number of hydrogen-bond donors (Lipinski definition) is 1. The lowest BCUT2D eigenvalue weighted by Crippen LogP contribution is -2.58. The Morgan fingerprint density at radius 1 is 1.15 bits per heavy atom. The number of nitrogens with one attached hydrogen (secondary N) is 1. The van der Waals surface area contributed by atoms with Crippen molar-refractivity contribution < 1.29 is 19.1 Å². The summed E-state index contributed by atoms with van der Waals surface area (Å²) in [5, 5.41) is 2.19. The molecular weight excluding hydrogens is 449 g/mol. The number of benzene rings is 2. The van der Waals surface area contributed by atoms with Crippen molar-refractivity contribution in [2.24, 2.45) is 10.9 Å². The molecule has 0 bridgehead atoms. The van der Waals surface area contributed by atoms with Gasteiger partial charge in [-0.25, -0.2) is 9.69 Å². The number of carbonyl (C=O) groups is 3. The number of barbiturate groups is 1. The number of halogens is 1. The Balaban J connectivity index is 1.87. The highest BCUT2D eigenvalue weighted by molar-refractivity contribution is 14.1. The topological polar surface area (TPSA) is 88.1 Å². The van der Waals surface area contributed by atoms with Crippen molar-refractivity contribution in [3.05, 3.63) is 52.1 Å². The van der Waals surface area contributed by atoms with Crippen LogP contribution in [-0.4, -0.2) is 31.2 Å². The summed E-state index contributed by atoms with van der Waals surface area (Å²) in [7, 11) is 1.53. The molecule has 0 aliphatic carbocycles. The number of anilines is 1. The van der Waals surface area contributed by atoms with Crippen molar-refractivity contribution in [1.29, 1.82) is 0 Å². The van der Waals surface area contributed by atoms with E-state index in [1.165, 1.54) is 13.3 Å². The molecule has 1 aliphatic heterocycles. The van der Waals surface area contributed by atoms with E-state index < -0.39 is 23.8 Å². The van der Waals surface area contributed by atoms with E-state index in [2.05, 4.69) is 32.9 Å². The summed E-state index contributed by atoms with van der Waals surface area (Å²) in [6.07, 6.45) is 1.23. The largest absolute Gasteiger partial charge is 0.497 e. The van der Waals surface area contributed by atoms with Crippen molar-refractivity contribution >= 4 is 58.0 Å². The predicted molar refractivity (Wildman–Crippen MR) is 105 cm³/mol. The van der Waals surface area contributed by atoms with Crippen molar-refractivity contribution in [3.8, 4) is 5.75 Å². The van der Waals surface area contributed by atoms with Crippen molar-refractivity contribution in [1.82, 2.24) is 5.32 Å². The number of methoxy groups -OCH3 is 1. The Morgan fingerprint density at radius 3 is 2.58 bits per heavy atom. The first kappa shape index (κ1) is 18.1. The molecule has 2 aromatic carbocycles. The summed E-state index contributed by atoms with van der Waals surface area (Å²) in [6.45, 7) is 0. The fourth-order valence-corrected chi connectivity index (χ4v) is 2.77. The van der Waals surface area contributed by atoms with Gasteiger partial charge in [0.2, 0.25) is 5.91 Å². The van der Waals surface area contributed by atoms with Crippen LogP contribution in [0.3, 0.4) is 0 Å². The molecule has 1 heterocycles. The third kappa shape index (κ3) is 3.74. The van der Waals surface area contributed by atoms with Gasteiger partial charge in [-0.15, -0.1) is 0 Å².